The maximum absolute atomic E-state index is 11.5. The average molecular weight is 285 g/mol. The Hall–Kier alpha value is -1.70. The van der Waals surface area contributed by atoms with Crippen molar-refractivity contribution >= 4 is 21.3 Å². The van der Waals surface area contributed by atoms with Crippen molar-refractivity contribution < 1.29 is 13.3 Å². The van der Waals surface area contributed by atoms with Crippen LogP contribution in [-0.2, 0) is 9.84 Å². The zero-order valence-electron chi connectivity index (χ0n) is 10.5. The van der Waals surface area contributed by atoms with Crippen molar-refractivity contribution in [1.82, 2.24) is 4.98 Å². The van der Waals surface area contributed by atoms with E-state index < -0.39 is 14.8 Å². The van der Waals surface area contributed by atoms with Gasteiger partial charge in [-0.05, 0) is 25.8 Å². The molecule has 0 amide bonds. The molecule has 0 bridgehead atoms. The van der Waals surface area contributed by atoms with Crippen LogP contribution in [0.5, 0.6) is 0 Å². The van der Waals surface area contributed by atoms with Crippen LogP contribution in [0.15, 0.2) is 12.1 Å². The summed E-state index contributed by atoms with van der Waals surface area (Å²) in [6.45, 7) is 1.73. The number of nitrogens with one attached hydrogen (secondary N) is 1. The molecule has 1 aromatic heterocycles. The Morgan fingerprint density at radius 1 is 1.47 bits per heavy atom. The van der Waals surface area contributed by atoms with E-state index in [2.05, 4.69) is 10.3 Å². The number of nitro groups is 1. The van der Waals surface area contributed by atoms with Gasteiger partial charge in [0.1, 0.15) is 0 Å². The van der Waals surface area contributed by atoms with Gasteiger partial charge in [0, 0.05) is 17.8 Å². The van der Waals surface area contributed by atoms with Crippen LogP contribution in [0.2, 0.25) is 0 Å². The van der Waals surface area contributed by atoms with Gasteiger partial charge >= 0.3 is 5.69 Å². The molecule has 0 radical (unpaired) electrons. The SMILES string of the molecule is Cc1ccc([N+](=O)[O-])c(NC2CCCS(=O)(=O)C2)n1. The molecule has 0 aromatic carbocycles. The van der Waals surface area contributed by atoms with Crippen LogP contribution in [0, 0.1) is 17.0 Å². The van der Waals surface area contributed by atoms with Gasteiger partial charge in [-0.3, -0.25) is 10.1 Å². The fourth-order valence-electron chi connectivity index (χ4n) is 2.13. The second-order valence-corrected chi connectivity index (χ2v) is 6.90. The maximum atomic E-state index is 11.5. The first-order valence-electron chi connectivity index (χ1n) is 5.96. The number of pyridine rings is 1. The summed E-state index contributed by atoms with van der Waals surface area (Å²) in [6, 6.07) is 2.62. The van der Waals surface area contributed by atoms with Crippen LogP contribution in [0.1, 0.15) is 18.5 Å². The fourth-order valence-corrected chi connectivity index (χ4v) is 3.77. The molecule has 1 saturated heterocycles. The Balaban J connectivity index is 2.23. The quantitative estimate of drug-likeness (QED) is 0.663. The van der Waals surface area contributed by atoms with E-state index in [1.54, 1.807) is 13.0 Å². The van der Waals surface area contributed by atoms with Crippen molar-refractivity contribution in [3.05, 3.63) is 27.9 Å². The summed E-state index contributed by atoms with van der Waals surface area (Å²) in [7, 11) is -3.06. The molecule has 0 saturated carbocycles. The van der Waals surface area contributed by atoms with E-state index in [-0.39, 0.29) is 29.1 Å². The summed E-state index contributed by atoms with van der Waals surface area (Å²) >= 11 is 0. The van der Waals surface area contributed by atoms with Crippen LogP contribution in [0.25, 0.3) is 0 Å². The minimum atomic E-state index is -3.06. The smallest absolute Gasteiger partial charge is 0.311 e. The molecule has 7 nitrogen and oxygen atoms in total. The predicted octanol–water partition coefficient (Wildman–Crippen LogP) is 1.29. The number of nitrogens with zero attached hydrogens (tertiary/aromatic N) is 2. The van der Waals surface area contributed by atoms with E-state index >= 15 is 0 Å². The molecule has 2 heterocycles. The monoisotopic (exact) mass is 285 g/mol. The first-order chi connectivity index (χ1) is 8.87. The van der Waals surface area contributed by atoms with Gasteiger partial charge in [-0.2, -0.15) is 0 Å². The maximum Gasteiger partial charge on any atom is 0.311 e. The van der Waals surface area contributed by atoms with Gasteiger partial charge in [-0.15, -0.1) is 0 Å². The van der Waals surface area contributed by atoms with Crippen molar-refractivity contribution in [2.75, 3.05) is 16.8 Å². The zero-order valence-corrected chi connectivity index (χ0v) is 11.3. The molecule has 8 heteroatoms. The van der Waals surface area contributed by atoms with E-state index in [0.29, 0.717) is 18.5 Å². The third-order valence-electron chi connectivity index (χ3n) is 3.01. The highest BCUT2D eigenvalue weighted by atomic mass is 32.2. The van der Waals surface area contributed by atoms with Gasteiger partial charge in [0.15, 0.2) is 9.84 Å². The molecule has 19 heavy (non-hydrogen) atoms. The molecule has 1 unspecified atom stereocenters. The molecular weight excluding hydrogens is 270 g/mol. The molecule has 1 aliphatic rings. The van der Waals surface area contributed by atoms with Crippen molar-refractivity contribution in [1.29, 1.82) is 0 Å². The number of hydrogen-bond donors (Lipinski definition) is 1. The average Bonchev–Trinajstić information content (AvgIpc) is 2.27. The highest BCUT2D eigenvalue weighted by Gasteiger charge is 2.27. The van der Waals surface area contributed by atoms with E-state index in [9.17, 15) is 18.5 Å². The van der Waals surface area contributed by atoms with E-state index in [1.165, 1.54) is 6.07 Å². The van der Waals surface area contributed by atoms with Gasteiger partial charge in [-0.1, -0.05) is 0 Å². The Morgan fingerprint density at radius 2 is 2.21 bits per heavy atom. The number of hydrogen-bond acceptors (Lipinski definition) is 6. The third-order valence-corrected chi connectivity index (χ3v) is 4.83. The van der Waals surface area contributed by atoms with Gasteiger partial charge < -0.3 is 5.32 Å². The van der Waals surface area contributed by atoms with Crippen molar-refractivity contribution in [3.63, 3.8) is 0 Å². The normalized spacial score (nSPS) is 21.8. The van der Waals surface area contributed by atoms with Crippen LogP contribution < -0.4 is 5.32 Å². The molecule has 104 valence electrons. The highest BCUT2D eigenvalue weighted by molar-refractivity contribution is 7.91. The molecule has 1 aromatic rings. The molecule has 1 atom stereocenters. The second kappa shape index (κ2) is 5.12. The molecular formula is C11H15N3O4S. The second-order valence-electron chi connectivity index (χ2n) is 4.68. The Bertz CT molecular complexity index is 600. The lowest BCUT2D eigenvalue weighted by Gasteiger charge is -2.23. The van der Waals surface area contributed by atoms with Gasteiger partial charge in [0.25, 0.3) is 0 Å². The van der Waals surface area contributed by atoms with Crippen LogP contribution in [0.4, 0.5) is 11.5 Å². The minimum Gasteiger partial charge on any atom is -0.361 e. The van der Waals surface area contributed by atoms with E-state index in [4.69, 9.17) is 0 Å². The Kier molecular flexibility index (Phi) is 3.70. The molecule has 0 spiro atoms. The largest absolute Gasteiger partial charge is 0.361 e. The van der Waals surface area contributed by atoms with Crippen LogP contribution in [0.3, 0.4) is 0 Å². The molecule has 0 aliphatic carbocycles. The van der Waals surface area contributed by atoms with Crippen molar-refractivity contribution in [2.24, 2.45) is 0 Å². The Labute approximate surface area is 111 Å². The molecule has 1 N–H and O–H groups in total. The summed E-state index contributed by atoms with van der Waals surface area (Å²) in [5.41, 5.74) is 0.514. The number of sulfone groups is 1. The lowest BCUT2D eigenvalue weighted by Crippen LogP contribution is -2.35. The van der Waals surface area contributed by atoms with Gasteiger partial charge in [0.05, 0.1) is 16.4 Å². The van der Waals surface area contributed by atoms with Crippen molar-refractivity contribution in [3.8, 4) is 0 Å². The van der Waals surface area contributed by atoms with Gasteiger partial charge in [-0.25, -0.2) is 13.4 Å². The third kappa shape index (κ3) is 3.40. The molecule has 2 rings (SSSR count). The highest BCUT2D eigenvalue weighted by Crippen LogP contribution is 2.25. The summed E-state index contributed by atoms with van der Waals surface area (Å²) < 4.78 is 23.1. The van der Waals surface area contributed by atoms with Gasteiger partial charge in [0.2, 0.25) is 5.82 Å². The van der Waals surface area contributed by atoms with Crippen molar-refractivity contribution in [2.45, 2.75) is 25.8 Å². The van der Waals surface area contributed by atoms with Crippen LogP contribution in [-0.4, -0.2) is 35.9 Å². The lowest BCUT2D eigenvalue weighted by atomic mass is 10.2. The summed E-state index contributed by atoms with van der Waals surface area (Å²) in [5.74, 6) is 0.334. The molecule has 1 aliphatic heterocycles. The fraction of sp³-hybridized carbons (Fsp3) is 0.545. The first-order valence-corrected chi connectivity index (χ1v) is 7.78. The minimum absolute atomic E-state index is 0.000222. The summed E-state index contributed by atoms with van der Waals surface area (Å²) in [4.78, 5) is 14.5. The number of aromatic nitrogens is 1. The Morgan fingerprint density at radius 3 is 2.84 bits per heavy atom. The summed E-state index contributed by atoms with van der Waals surface area (Å²) in [5, 5.41) is 13.8. The standard InChI is InChI=1S/C11H15N3O4S/c1-8-4-5-10(14(15)16)11(12-8)13-9-3-2-6-19(17,18)7-9/h4-5,9H,2-3,6-7H2,1H3,(H,12,13). The number of rotatable bonds is 3. The topological polar surface area (TPSA) is 102 Å². The summed E-state index contributed by atoms with van der Waals surface area (Å²) in [6.07, 6.45) is 1.24. The zero-order chi connectivity index (χ0) is 14.0. The van der Waals surface area contributed by atoms with E-state index in [0.717, 1.165) is 0 Å². The number of anilines is 1. The predicted molar refractivity (Wildman–Crippen MR) is 70.9 cm³/mol. The van der Waals surface area contributed by atoms with Crippen LogP contribution >= 0.6 is 0 Å². The van der Waals surface area contributed by atoms with E-state index in [1.807, 2.05) is 0 Å². The molecule has 1 fully saturated rings. The first kappa shape index (κ1) is 13.7. The number of aryl methyl sites for hydroxylation is 1. The lowest BCUT2D eigenvalue weighted by molar-refractivity contribution is -0.384.